The van der Waals surface area contributed by atoms with E-state index >= 15 is 0 Å². The Balaban J connectivity index is 1.38. The summed E-state index contributed by atoms with van der Waals surface area (Å²) in [6.07, 6.45) is 3.43. The van der Waals surface area contributed by atoms with Crippen molar-refractivity contribution in [1.29, 1.82) is 0 Å². The number of fused-ring (bicyclic) bond motifs is 1. The van der Waals surface area contributed by atoms with Gasteiger partial charge in [-0.2, -0.15) is 0 Å². The molecule has 1 atom stereocenters. The summed E-state index contributed by atoms with van der Waals surface area (Å²) < 4.78 is 5.06. The Morgan fingerprint density at radius 2 is 1.90 bits per heavy atom. The van der Waals surface area contributed by atoms with Crippen LogP contribution in [0.2, 0.25) is 0 Å². The van der Waals surface area contributed by atoms with Gasteiger partial charge in [0.1, 0.15) is 0 Å². The first-order chi connectivity index (χ1) is 14.1. The third kappa shape index (κ3) is 3.95. The summed E-state index contributed by atoms with van der Waals surface area (Å²) >= 11 is 0. The third-order valence-corrected chi connectivity index (χ3v) is 6.32. The van der Waals surface area contributed by atoms with Crippen molar-refractivity contribution in [1.82, 2.24) is 9.80 Å². The predicted molar refractivity (Wildman–Crippen MR) is 109 cm³/mol. The van der Waals surface area contributed by atoms with Crippen molar-refractivity contribution >= 4 is 23.6 Å². The highest BCUT2D eigenvalue weighted by Crippen LogP contribution is 2.32. The molecule has 3 heterocycles. The number of para-hydroxylation sites is 1. The summed E-state index contributed by atoms with van der Waals surface area (Å²) in [4.78, 5) is 43.2. The topological polar surface area (TPSA) is 70.2 Å². The number of carbonyl (C=O) groups is 3. The number of hydrogen-bond acceptors (Lipinski definition) is 4. The van der Waals surface area contributed by atoms with Crippen LogP contribution in [0.5, 0.6) is 0 Å². The van der Waals surface area contributed by atoms with E-state index in [1.165, 1.54) is 5.56 Å². The summed E-state index contributed by atoms with van der Waals surface area (Å²) in [6.45, 7) is 4.55. The van der Waals surface area contributed by atoms with Gasteiger partial charge >= 0.3 is 6.09 Å². The molecule has 156 valence electrons. The number of rotatable bonds is 3. The van der Waals surface area contributed by atoms with Crippen molar-refractivity contribution in [2.45, 2.75) is 45.1 Å². The van der Waals surface area contributed by atoms with Crippen LogP contribution in [0.15, 0.2) is 24.3 Å². The van der Waals surface area contributed by atoms with E-state index in [-0.39, 0.29) is 36.3 Å². The molecule has 7 nitrogen and oxygen atoms in total. The fraction of sp³-hybridized carbons (Fsp3) is 0.591. The minimum Gasteiger partial charge on any atom is -0.450 e. The largest absolute Gasteiger partial charge is 0.450 e. The Labute approximate surface area is 171 Å². The zero-order valence-electron chi connectivity index (χ0n) is 17.0. The highest BCUT2D eigenvalue weighted by molar-refractivity contribution is 5.99. The number of nitrogens with zero attached hydrogens (tertiary/aromatic N) is 3. The molecule has 0 spiro atoms. The van der Waals surface area contributed by atoms with Crippen molar-refractivity contribution in [3.05, 3.63) is 29.8 Å². The van der Waals surface area contributed by atoms with Crippen LogP contribution in [-0.4, -0.2) is 66.5 Å². The van der Waals surface area contributed by atoms with Crippen LogP contribution in [0.1, 0.15) is 38.2 Å². The van der Waals surface area contributed by atoms with Gasteiger partial charge in [-0.05, 0) is 44.2 Å². The summed E-state index contributed by atoms with van der Waals surface area (Å²) in [7, 11) is 0. The molecule has 4 rings (SSSR count). The van der Waals surface area contributed by atoms with Crippen molar-refractivity contribution in [2.75, 3.05) is 37.7 Å². The van der Waals surface area contributed by atoms with E-state index in [1.54, 1.807) is 11.8 Å². The molecule has 29 heavy (non-hydrogen) atoms. The van der Waals surface area contributed by atoms with E-state index in [0.29, 0.717) is 26.2 Å². The first-order valence-corrected chi connectivity index (χ1v) is 10.7. The minimum absolute atomic E-state index is 0.0585. The van der Waals surface area contributed by atoms with E-state index in [2.05, 4.69) is 6.07 Å². The van der Waals surface area contributed by atoms with Gasteiger partial charge in [-0.25, -0.2) is 4.79 Å². The maximum atomic E-state index is 13.2. The van der Waals surface area contributed by atoms with Crippen molar-refractivity contribution in [2.24, 2.45) is 5.92 Å². The lowest BCUT2D eigenvalue weighted by molar-refractivity contribution is -0.130. The van der Waals surface area contributed by atoms with Crippen molar-refractivity contribution in [3.8, 4) is 0 Å². The number of hydrogen-bond donors (Lipinski definition) is 0. The Bertz CT molecular complexity index is 788. The lowest BCUT2D eigenvalue weighted by Gasteiger charge is -2.36. The number of benzene rings is 1. The first-order valence-electron chi connectivity index (χ1n) is 10.7. The Morgan fingerprint density at radius 3 is 2.66 bits per heavy atom. The van der Waals surface area contributed by atoms with E-state index in [4.69, 9.17) is 4.74 Å². The van der Waals surface area contributed by atoms with E-state index in [0.717, 1.165) is 37.9 Å². The van der Waals surface area contributed by atoms with Crippen molar-refractivity contribution in [3.63, 3.8) is 0 Å². The zero-order chi connectivity index (χ0) is 20.4. The van der Waals surface area contributed by atoms with Crippen LogP contribution in [0, 0.1) is 5.92 Å². The maximum Gasteiger partial charge on any atom is 0.409 e. The number of carbonyl (C=O) groups excluding carboxylic acids is 3. The highest BCUT2D eigenvalue weighted by Gasteiger charge is 2.41. The SMILES string of the molecule is CCOC(=O)N1CCC(N2CC(C(=O)N3CCCc4ccccc43)CC2=O)CC1. The molecule has 7 heteroatoms. The van der Waals surface area contributed by atoms with Gasteiger partial charge in [-0.15, -0.1) is 0 Å². The van der Waals surface area contributed by atoms with Gasteiger partial charge in [0.25, 0.3) is 0 Å². The maximum absolute atomic E-state index is 13.2. The lowest BCUT2D eigenvalue weighted by Crippen LogP contribution is -2.48. The van der Waals surface area contributed by atoms with Gasteiger partial charge in [0.2, 0.25) is 11.8 Å². The highest BCUT2D eigenvalue weighted by atomic mass is 16.6. The van der Waals surface area contributed by atoms with Gasteiger partial charge in [0, 0.05) is 44.3 Å². The van der Waals surface area contributed by atoms with Crippen LogP contribution >= 0.6 is 0 Å². The number of ether oxygens (including phenoxy) is 1. The second kappa shape index (κ2) is 8.43. The van der Waals surface area contributed by atoms with Crippen LogP contribution in [0.25, 0.3) is 0 Å². The summed E-state index contributed by atoms with van der Waals surface area (Å²) in [5, 5.41) is 0. The van der Waals surface area contributed by atoms with Gasteiger partial charge < -0.3 is 19.4 Å². The molecule has 3 aliphatic rings. The number of anilines is 1. The van der Waals surface area contributed by atoms with Gasteiger partial charge in [-0.1, -0.05) is 18.2 Å². The zero-order valence-corrected chi connectivity index (χ0v) is 17.0. The number of piperidine rings is 1. The summed E-state index contributed by atoms with van der Waals surface area (Å²) in [5.74, 6) is -0.156. The average molecular weight is 399 g/mol. The van der Waals surface area contributed by atoms with E-state index in [9.17, 15) is 14.4 Å². The molecule has 0 aliphatic carbocycles. The van der Waals surface area contributed by atoms with E-state index in [1.807, 2.05) is 28.0 Å². The summed E-state index contributed by atoms with van der Waals surface area (Å²) in [6, 6.07) is 8.16. The molecule has 3 aliphatic heterocycles. The monoisotopic (exact) mass is 399 g/mol. The molecule has 2 saturated heterocycles. The molecule has 1 unspecified atom stereocenters. The molecular formula is C22H29N3O4. The Morgan fingerprint density at radius 1 is 1.14 bits per heavy atom. The normalized spacial score (nSPS) is 22.6. The molecule has 0 saturated carbocycles. The van der Waals surface area contributed by atoms with Crippen LogP contribution in [0.4, 0.5) is 10.5 Å². The number of amides is 3. The Kier molecular flexibility index (Phi) is 5.74. The molecule has 0 aromatic heterocycles. The Hall–Kier alpha value is -2.57. The second-order valence-electron chi connectivity index (χ2n) is 8.09. The molecule has 1 aromatic carbocycles. The van der Waals surface area contributed by atoms with Crippen LogP contribution in [0.3, 0.4) is 0 Å². The molecule has 0 N–H and O–H groups in total. The van der Waals surface area contributed by atoms with Crippen LogP contribution in [-0.2, 0) is 20.7 Å². The average Bonchev–Trinajstić information content (AvgIpc) is 3.14. The minimum atomic E-state index is -0.282. The third-order valence-electron chi connectivity index (χ3n) is 6.32. The lowest BCUT2D eigenvalue weighted by atomic mass is 9.99. The molecule has 0 bridgehead atoms. The van der Waals surface area contributed by atoms with Gasteiger partial charge in [-0.3, -0.25) is 9.59 Å². The number of likely N-dealkylation sites (tertiary alicyclic amines) is 2. The summed E-state index contributed by atoms with van der Waals surface area (Å²) in [5.41, 5.74) is 2.21. The number of aryl methyl sites for hydroxylation is 1. The van der Waals surface area contributed by atoms with Crippen molar-refractivity contribution < 1.29 is 19.1 Å². The van der Waals surface area contributed by atoms with Crippen LogP contribution < -0.4 is 4.90 Å². The van der Waals surface area contributed by atoms with Gasteiger partial charge in [0.15, 0.2) is 0 Å². The second-order valence-corrected chi connectivity index (χ2v) is 8.09. The molecule has 0 radical (unpaired) electrons. The quantitative estimate of drug-likeness (QED) is 0.783. The molecule has 2 fully saturated rings. The van der Waals surface area contributed by atoms with Gasteiger partial charge in [0.05, 0.1) is 12.5 Å². The fourth-order valence-corrected chi connectivity index (χ4v) is 4.81. The molecular weight excluding hydrogens is 370 g/mol. The molecule has 1 aromatic rings. The van der Waals surface area contributed by atoms with E-state index < -0.39 is 0 Å². The standard InChI is InChI=1S/C22H29N3O4/c1-2-29-22(28)23-12-9-18(10-13-23)25-15-17(14-20(25)26)21(27)24-11-5-7-16-6-3-4-8-19(16)24/h3-4,6,8,17-18H,2,5,7,9-15H2,1H3. The predicted octanol–water partition coefficient (Wildman–Crippen LogP) is 2.44. The molecule has 3 amide bonds. The smallest absolute Gasteiger partial charge is 0.409 e. The first kappa shape index (κ1) is 19.7. The fourth-order valence-electron chi connectivity index (χ4n) is 4.81.